The van der Waals surface area contributed by atoms with Gasteiger partial charge >= 0.3 is 5.97 Å². The number of halogens is 1. The summed E-state index contributed by atoms with van der Waals surface area (Å²) in [6, 6.07) is 14.1. The predicted octanol–water partition coefficient (Wildman–Crippen LogP) is 4.44. The first-order chi connectivity index (χ1) is 12.3. The average Bonchev–Trinajstić information content (AvgIpc) is 2.95. The summed E-state index contributed by atoms with van der Waals surface area (Å²) in [6.07, 6.45) is 2.47. The Hall–Kier alpha value is -2.43. The van der Waals surface area contributed by atoms with Crippen LogP contribution < -0.4 is 0 Å². The minimum atomic E-state index is -1.01. The number of benzene rings is 2. The molecule has 1 unspecified atom stereocenters. The molecular formula is C21H22ClN2O2+. The van der Waals surface area contributed by atoms with E-state index < -0.39 is 5.97 Å². The molecule has 1 atom stereocenters. The van der Waals surface area contributed by atoms with E-state index in [-0.39, 0.29) is 10.3 Å². The molecule has 4 nitrogen and oxygen atoms in total. The lowest BCUT2D eigenvalue weighted by Crippen LogP contribution is -2.37. The quantitative estimate of drug-likeness (QED) is 0.792. The van der Waals surface area contributed by atoms with Crippen LogP contribution in [0.15, 0.2) is 53.6 Å². The summed E-state index contributed by atoms with van der Waals surface area (Å²) in [5, 5.41) is 14.6. The smallest absolute Gasteiger partial charge is 0.360 e. The van der Waals surface area contributed by atoms with Crippen molar-refractivity contribution in [1.29, 1.82) is 0 Å². The van der Waals surface area contributed by atoms with Crippen LogP contribution in [0.1, 0.15) is 22.3 Å². The van der Waals surface area contributed by atoms with Gasteiger partial charge in [-0.15, -0.1) is 0 Å². The third-order valence-corrected chi connectivity index (χ3v) is 5.17. The van der Waals surface area contributed by atoms with Crippen LogP contribution in [-0.2, 0) is 11.2 Å². The zero-order chi connectivity index (χ0) is 18.9. The van der Waals surface area contributed by atoms with Crippen molar-refractivity contribution in [3.63, 3.8) is 0 Å². The Balaban J connectivity index is 1.92. The number of quaternary nitrogens is 1. The van der Waals surface area contributed by atoms with Crippen LogP contribution in [0.4, 0.5) is 0 Å². The van der Waals surface area contributed by atoms with E-state index >= 15 is 0 Å². The second kappa shape index (κ2) is 7.06. The van der Waals surface area contributed by atoms with Crippen LogP contribution in [0.3, 0.4) is 0 Å². The fourth-order valence-electron chi connectivity index (χ4n) is 3.13. The van der Waals surface area contributed by atoms with Crippen LogP contribution in [0, 0.1) is 13.8 Å². The monoisotopic (exact) mass is 369 g/mol. The summed E-state index contributed by atoms with van der Waals surface area (Å²) in [5.74, 6) is -1.01. The fraction of sp³-hybridized carbons (Fsp3) is 0.238. The maximum absolute atomic E-state index is 11.5. The highest BCUT2D eigenvalue weighted by molar-refractivity contribution is 6.41. The number of carboxylic acid groups (broad SMARTS) is 1. The number of hydrogen-bond donors (Lipinski definition) is 1. The van der Waals surface area contributed by atoms with E-state index in [0.29, 0.717) is 11.6 Å². The zero-order valence-corrected chi connectivity index (χ0v) is 15.9. The maximum atomic E-state index is 11.5. The molecule has 5 heteroatoms. The first-order valence-electron chi connectivity index (χ1n) is 8.52. The van der Waals surface area contributed by atoms with E-state index in [1.807, 2.05) is 32.2 Å². The third kappa shape index (κ3) is 3.71. The molecule has 0 spiro atoms. The van der Waals surface area contributed by atoms with Crippen molar-refractivity contribution in [2.75, 3.05) is 13.6 Å². The first-order valence-corrected chi connectivity index (χ1v) is 8.90. The van der Waals surface area contributed by atoms with E-state index in [2.05, 4.69) is 36.3 Å². The summed E-state index contributed by atoms with van der Waals surface area (Å²) in [4.78, 5) is 11.5. The number of carboxylic acids is 1. The zero-order valence-electron chi connectivity index (χ0n) is 15.2. The van der Waals surface area contributed by atoms with E-state index in [1.165, 1.54) is 11.1 Å². The highest BCUT2D eigenvalue weighted by Crippen LogP contribution is 2.33. The molecule has 0 bridgehead atoms. The Bertz CT molecular complexity index is 916. The molecule has 0 aromatic heterocycles. The summed E-state index contributed by atoms with van der Waals surface area (Å²) in [7, 11) is 1.94. The third-order valence-electron chi connectivity index (χ3n) is 4.75. The van der Waals surface area contributed by atoms with Crippen LogP contribution >= 0.6 is 11.6 Å². The topological polar surface area (TPSA) is 49.7 Å². The van der Waals surface area contributed by atoms with Gasteiger partial charge in [-0.05, 0) is 43.2 Å². The summed E-state index contributed by atoms with van der Waals surface area (Å²) in [6.45, 7) is 4.68. The Morgan fingerprint density at radius 3 is 2.46 bits per heavy atom. The number of likely N-dealkylation sites (N-methyl/N-ethyl adjacent to an activating group) is 1. The Morgan fingerprint density at radius 2 is 1.85 bits per heavy atom. The maximum Gasteiger partial charge on any atom is 0.360 e. The van der Waals surface area contributed by atoms with Crippen molar-refractivity contribution in [2.45, 2.75) is 20.3 Å². The lowest BCUT2D eigenvalue weighted by Gasteiger charge is -2.27. The number of rotatable bonds is 5. The van der Waals surface area contributed by atoms with E-state index in [4.69, 9.17) is 11.6 Å². The first kappa shape index (κ1) is 18.4. The average molecular weight is 370 g/mol. The molecule has 134 valence electrons. The molecule has 1 aliphatic rings. The van der Waals surface area contributed by atoms with Crippen molar-refractivity contribution in [2.24, 2.45) is 5.10 Å². The van der Waals surface area contributed by atoms with E-state index in [9.17, 15) is 9.90 Å². The van der Waals surface area contributed by atoms with Crippen molar-refractivity contribution < 1.29 is 14.5 Å². The molecule has 1 N–H and O–H groups in total. The minimum Gasteiger partial charge on any atom is -0.476 e. The van der Waals surface area contributed by atoms with Gasteiger partial charge in [-0.3, -0.25) is 0 Å². The standard InChI is InChI=1S/C21H21ClN2O2/c1-14-4-6-16(7-5-14)10-11-24(3)20(13-19(23-24)21(25)26)17-8-9-18(22)15(2)12-17/h4-9,12-13H,10-11H2,1-3H3/p+1. The summed E-state index contributed by atoms with van der Waals surface area (Å²) in [5.41, 5.74) is 5.28. The fourth-order valence-corrected chi connectivity index (χ4v) is 3.25. The molecule has 0 amide bonds. The van der Waals surface area contributed by atoms with Crippen LogP contribution in [-0.4, -0.2) is 35.0 Å². The van der Waals surface area contributed by atoms with Gasteiger partial charge in [0.25, 0.3) is 0 Å². The number of nitrogens with zero attached hydrogens (tertiary/aromatic N) is 2. The van der Waals surface area contributed by atoms with E-state index in [0.717, 1.165) is 23.2 Å². The number of aliphatic carboxylic acids is 1. The second-order valence-corrected chi connectivity index (χ2v) is 7.29. The summed E-state index contributed by atoms with van der Waals surface area (Å²) >= 11 is 6.14. The number of aryl methyl sites for hydroxylation is 2. The van der Waals surface area contributed by atoms with Crippen LogP contribution in [0.5, 0.6) is 0 Å². The molecule has 1 aliphatic heterocycles. The highest BCUT2D eigenvalue weighted by Gasteiger charge is 2.37. The molecule has 26 heavy (non-hydrogen) atoms. The van der Waals surface area contributed by atoms with Gasteiger partial charge in [0.15, 0.2) is 5.70 Å². The van der Waals surface area contributed by atoms with Crippen molar-refractivity contribution in [1.82, 2.24) is 0 Å². The van der Waals surface area contributed by atoms with Gasteiger partial charge in [0.1, 0.15) is 6.54 Å². The van der Waals surface area contributed by atoms with Crippen LogP contribution in [0.25, 0.3) is 5.70 Å². The number of carbonyl (C=O) groups is 1. The van der Waals surface area contributed by atoms with Gasteiger partial charge in [0.05, 0.1) is 7.05 Å². The van der Waals surface area contributed by atoms with Gasteiger partial charge in [-0.1, -0.05) is 46.5 Å². The lowest BCUT2D eigenvalue weighted by molar-refractivity contribution is -0.843. The van der Waals surface area contributed by atoms with E-state index in [1.54, 1.807) is 6.08 Å². The van der Waals surface area contributed by atoms with Gasteiger partial charge < -0.3 is 5.11 Å². The van der Waals surface area contributed by atoms with Gasteiger partial charge in [-0.25, -0.2) is 4.79 Å². The Labute approximate surface area is 158 Å². The SMILES string of the molecule is Cc1ccc(CC[N+]2(C)N=C(C(=O)O)C=C2c2ccc(Cl)c(C)c2)cc1. The van der Waals surface area contributed by atoms with Gasteiger partial charge in [0.2, 0.25) is 5.71 Å². The Kier molecular flexibility index (Phi) is 4.99. The molecule has 2 aromatic carbocycles. The normalized spacial score (nSPS) is 19.2. The predicted molar refractivity (Wildman–Crippen MR) is 105 cm³/mol. The molecule has 1 heterocycles. The molecule has 0 radical (unpaired) electrons. The number of hydrogen-bond acceptors (Lipinski definition) is 2. The largest absolute Gasteiger partial charge is 0.476 e. The van der Waals surface area contributed by atoms with Crippen LogP contribution in [0.2, 0.25) is 5.02 Å². The van der Waals surface area contributed by atoms with Crippen molar-refractivity contribution in [3.8, 4) is 0 Å². The molecule has 0 saturated heterocycles. The molecule has 0 saturated carbocycles. The van der Waals surface area contributed by atoms with Crippen molar-refractivity contribution >= 4 is 29.0 Å². The summed E-state index contributed by atoms with van der Waals surface area (Å²) < 4.78 is 0.205. The molecule has 2 aromatic rings. The molecule has 0 aliphatic carbocycles. The van der Waals surface area contributed by atoms with Gasteiger partial charge in [-0.2, -0.15) is 4.59 Å². The van der Waals surface area contributed by atoms with Crippen molar-refractivity contribution in [3.05, 3.63) is 75.8 Å². The molecular weight excluding hydrogens is 348 g/mol. The highest BCUT2D eigenvalue weighted by atomic mass is 35.5. The molecule has 3 rings (SSSR count). The lowest BCUT2D eigenvalue weighted by atomic mass is 10.1. The second-order valence-electron chi connectivity index (χ2n) is 6.88. The van der Waals surface area contributed by atoms with Gasteiger partial charge in [0, 0.05) is 23.1 Å². The minimum absolute atomic E-state index is 0.0824. The molecule has 0 fully saturated rings. The Morgan fingerprint density at radius 1 is 1.15 bits per heavy atom.